The van der Waals surface area contributed by atoms with E-state index < -0.39 is 5.54 Å². The van der Waals surface area contributed by atoms with Crippen molar-refractivity contribution in [3.63, 3.8) is 0 Å². The van der Waals surface area contributed by atoms with Crippen LogP contribution in [0.2, 0.25) is 16.4 Å². The molecule has 40 heavy (non-hydrogen) atoms. The van der Waals surface area contributed by atoms with Gasteiger partial charge in [-0.15, -0.1) is 0 Å². The minimum atomic E-state index is -0.982. The van der Waals surface area contributed by atoms with Crippen molar-refractivity contribution in [2.75, 3.05) is 20.1 Å². The largest absolute Gasteiger partial charge is 0.457 e. The summed E-state index contributed by atoms with van der Waals surface area (Å²) in [6.07, 6.45) is 5.92. The van der Waals surface area contributed by atoms with Crippen LogP contribution in [0.5, 0.6) is 0 Å². The van der Waals surface area contributed by atoms with Gasteiger partial charge in [0, 0.05) is 32.5 Å². The van der Waals surface area contributed by atoms with E-state index in [0.717, 1.165) is 44.0 Å². The number of rotatable bonds is 12. The van der Waals surface area contributed by atoms with Gasteiger partial charge in [-0.3, -0.25) is 9.59 Å². The van der Waals surface area contributed by atoms with Crippen molar-refractivity contribution < 1.29 is 18.9 Å². The van der Waals surface area contributed by atoms with Gasteiger partial charge in [-0.25, -0.2) is 0 Å². The predicted molar refractivity (Wildman–Crippen MR) is 164 cm³/mol. The Kier molecular flexibility index (Phi) is 11.4. The Balaban J connectivity index is 1.77. The van der Waals surface area contributed by atoms with Gasteiger partial charge in [0.1, 0.15) is 5.54 Å². The third-order valence-electron chi connectivity index (χ3n) is 8.93. The molecule has 1 heterocycles. The normalized spacial score (nSPS) is 25.7. The van der Waals surface area contributed by atoms with Gasteiger partial charge in [-0.2, -0.15) is 0 Å². The van der Waals surface area contributed by atoms with Gasteiger partial charge in [0.25, 0.3) is 0 Å². The first-order chi connectivity index (χ1) is 18.7. The van der Waals surface area contributed by atoms with E-state index in [2.05, 4.69) is 50.2 Å². The number of hydrogen-bond donors (Lipinski definition) is 2. The number of halogens is 2. The standard InChI is InChI=1S/C30H48BCl2N3O4/c1-8-9-16-34-27(38)30(35-21(2)37)18-22(14-15-31-39-28(3,4)29(5,6)40-31)10-12-24(30)20-36(7)19-23-11-13-25(32)26(33)17-23/h11,13,17,22,24H,8-10,12,14-16,18-20H2,1-7H3,(H,34,38)(H,35,37)/t22-,24-,30+/m0/s1. The second kappa shape index (κ2) is 13.8. The quantitative estimate of drug-likeness (QED) is 0.225. The van der Waals surface area contributed by atoms with Crippen molar-refractivity contribution >= 4 is 42.1 Å². The summed E-state index contributed by atoms with van der Waals surface area (Å²) in [6.45, 7) is 13.8. The summed E-state index contributed by atoms with van der Waals surface area (Å²) in [5.41, 5.74) is -0.670. The van der Waals surface area contributed by atoms with Crippen LogP contribution in [0.1, 0.15) is 85.6 Å². The molecule has 0 aromatic heterocycles. The van der Waals surface area contributed by atoms with Crippen LogP contribution in [0.3, 0.4) is 0 Å². The van der Waals surface area contributed by atoms with E-state index in [9.17, 15) is 9.59 Å². The van der Waals surface area contributed by atoms with E-state index in [1.165, 1.54) is 6.92 Å². The first-order valence-corrected chi connectivity index (χ1v) is 15.5. The van der Waals surface area contributed by atoms with Crippen LogP contribution in [0, 0.1) is 11.8 Å². The Labute approximate surface area is 251 Å². The number of carbonyl (C=O) groups excluding carboxylic acids is 2. The molecule has 3 atom stereocenters. The van der Waals surface area contributed by atoms with Gasteiger partial charge in [-0.05, 0) is 90.4 Å². The fourth-order valence-corrected chi connectivity index (χ4v) is 6.41. The molecule has 7 nitrogen and oxygen atoms in total. The van der Waals surface area contributed by atoms with Crippen molar-refractivity contribution in [1.82, 2.24) is 15.5 Å². The molecule has 2 fully saturated rings. The fourth-order valence-electron chi connectivity index (χ4n) is 6.08. The zero-order chi connectivity index (χ0) is 29.7. The molecular formula is C30H48BCl2N3O4. The second-order valence-electron chi connectivity index (χ2n) is 12.8. The van der Waals surface area contributed by atoms with Gasteiger partial charge in [-0.1, -0.05) is 49.0 Å². The molecule has 0 radical (unpaired) electrons. The summed E-state index contributed by atoms with van der Waals surface area (Å²) in [5.74, 6) is -0.0443. The predicted octanol–water partition coefficient (Wildman–Crippen LogP) is 6.12. The maximum Gasteiger partial charge on any atom is 0.457 e. The molecule has 1 aromatic rings. The Hall–Kier alpha value is -1.32. The first-order valence-electron chi connectivity index (χ1n) is 14.7. The molecule has 0 bridgehead atoms. The highest BCUT2D eigenvalue weighted by atomic mass is 35.5. The minimum Gasteiger partial charge on any atom is -0.403 e. The third-order valence-corrected chi connectivity index (χ3v) is 9.67. The molecule has 0 spiro atoms. The Morgan fingerprint density at radius 1 is 1.10 bits per heavy atom. The summed E-state index contributed by atoms with van der Waals surface area (Å²) in [5, 5.41) is 7.37. The van der Waals surface area contributed by atoms with E-state index in [-0.39, 0.29) is 42.0 Å². The average molecular weight is 596 g/mol. The van der Waals surface area contributed by atoms with Gasteiger partial charge < -0.3 is 24.8 Å². The molecule has 1 saturated carbocycles. The van der Waals surface area contributed by atoms with E-state index in [1.54, 1.807) is 6.07 Å². The number of amides is 2. The van der Waals surface area contributed by atoms with Crippen molar-refractivity contribution in [3.8, 4) is 0 Å². The maximum atomic E-state index is 13.9. The number of unbranched alkanes of at least 4 members (excludes halogenated alkanes) is 1. The molecule has 3 rings (SSSR count). The minimum absolute atomic E-state index is 0.0427. The monoisotopic (exact) mass is 595 g/mol. The lowest BCUT2D eigenvalue weighted by molar-refractivity contribution is -0.138. The highest BCUT2D eigenvalue weighted by Crippen LogP contribution is 2.43. The number of nitrogens with zero attached hydrogens (tertiary/aromatic N) is 1. The maximum absolute atomic E-state index is 13.9. The van der Waals surface area contributed by atoms with Gasteiger partial charge in [0.2, 0.25) is 11.8 Å². The van der Waals surface area contributed by atoms with Crippen LogP contribution < -0.4 is 10.6 Å². The summed E-state index contributed by atoms with van der Waals surface area (Å²) in [7, 11) is 1.77. The van der Waals surface area contributed by atoms with Crippen molar-refractivity contribution in [2.24, 2.45) is 11.8 Å². The smallest absolute Gasteiger partial charge is 0.403 e. The van der Waals surface area contributed by atoms with Crippen molar-refractivity contribution in [2.45, 2.75) is 110 Å². The SMILES string of the molecule is CCCCNC(=O)[C@@]1(NC(C)=O)C[C@H](CCB2OC(C)(C)C(C)(C)O2)CC[C@H]1CN(C)Cc1ccc(Cl)c(Cl)c1. The summed E-state index contributed by atoms with van der Waals surface area (Å²) >= 11 is 12.4. The van der Waals surface area contributed by atoms with E-state index >= 15 is 0 Å². The van der Waals surface area contributed by atoms with Crippen molar-refractivity contribution in [3.05, 3.63) is 33.8 Å². The van der Waals surface area contributed by atoms with Crippen LogP contribution in [-0.4, -0.2) is 60.7 Å². The number of hydrogen-bond acceptors (Lipinski definition) is 5. The summed E-state index contributed by atoms with van der Waals surface area (Å²) < 4.78 is 12.5. The highest BCUT2D eigenvalue weighted by molar-refractivity contribution is 6.45. The number of carbonyl (C=O) groups is 2. The van der Waals surface area contributed by atoms with Crippen LogP contribution in [-0.2, 0) is 25.4 Å². The van der Waals surface area contributed by atoms with E-state index in [4.69, 9.17) is 32.5 Å². The van der Waals surface area contributed by atoms with Gasteiger partial charge in [0.15, 0.2) is 0 Å². The molecular weight excluding hydrogens is 548 g/mol. The zero-order valence-corrected chi connectivity index (χ0v) is 26.9. The molecule has 2 amide bonds. The third kappa shape index (κ3) is 8.16. The van der Waals surface area contributed by atoms with Crippen LogP contribution in [0.15, 0.2) is 18.2 Å². The molecule has 1 aliphatic carbocycles. The highest BCUT2D eigenvalue weighted by Gasteiger charge is 2.53. The van der Waals surface area contributed by atoms with Crippen LogP contribution in [0.25, 0.3) is 0 Å². The van der Waals surface area contributed by atoms with Gasteiger partial charge in [0.05, 0.1) is 21.2 Å². The molecule has 2 aliphatic rings. The topological polar surface area (TPSA) is 79.9 Å². The zero-order valence-electron chi connectivity index (χ0n) is 25.4. The molecule has 224 valence electrons. The summed E-state index contributed by atoms with van der Waals surface area (Å²) in [4.78, 5) is 28.7. The second-order valence-corrected chi connectivity index (χ2v) is 13.6. The fraction of sp³-hybridized carbons (Fsp3) is 0.733. The molecule has 1 saturated heterocycles. The van der Waals surface area contributed by atoms with E-state index in [0.29, 0.717) is 36.1 Å². The molecule has 1 aromatic carbocycles. The number of nitrogens with one attached hydrogen (secondary N) is 2. The molecule has 1 aliphatic heterocycles. The van der Waals surface area contributed by atoms with Crippen molar-refractivity contribution in [1.29, 1.82) is 0 Å². The molecule has 10 heteroatoms. The Morgan fingerprint density at radius 3 is 2.38 bits per heavy atom. The number of benzene rings is 1. The first kappa shape index (κ1) is 33.2. The lowest BCUT2D eigenvalue weighted by Gasteiger charge is -2.47. The van der Waals surface area contributed by atoms with Crippen LogP contribution >= 0.6 is 23.2 Å². The summed E-state index contributed by atoms with van der Waals surface area (Å²) in [6, 6.07) is 5.66. The van der Waals surface area contributed by atoms with Crippen LogP contribution in [0.4, 0.5) is 0 Å². The molecule has 2 N–H and O–H groups in total. The Bertz CT molecular complexity index is 1020. The molecule has 0 unspecified atom stereocenters. The Morgan fingerprint density at radius 2 is 1.77 bits per heavy atom. The van der Waals surface area contributed by atoms with Gasteiger partial charge >= 0.3 is 7.12 Å². The lowest BCUT2D eigenvalue weighted by Crippen LogP contribution is -2.66. The van der Waals surface area contributed by atoms with E-state index in [1.807, 2.05) is 19.2 Å². The average Bonchev–Trinajstić information content (AvgIpc) is 3.07. The lowest BCUT2D eigenvalue weighted by atomic mass is 9.65.